The molecule has 0 radical (unpaired) electrons. The molecule has 3 aliphatic heterocycles. The quantitative estimate of drug-likeness (QED) is 0.193. The summed E-state index contributed by atoms with van der Waals surface area (Å²) in [6, 6.07) is 6.19. The Hall–Kier alpha value is -4.21. The Morgan fingerprint density at radius 3 is 2.53 bits per heavy atom. The topological polar surface area (TPSA) is 73.8 Å². The third-order valence-corrected chi connectivity index (χ3v) is 10.0. The standard InChI is InChI=1S/C35H34F5N5O2/c1-4-22-26(36)8-5-18-11-21(46)12-23(28(18)22)29-27(37)13-24-31(30(29)38)42-34(43-33(24)45-14-19-6-7-20(15-45)41-19)47-17-35(2)16-44(3)10-9-25(35)32(39)40/h1,5,8,11-13,19-20,25,32,41,46H,6-7,9-10,14-17H2,2-3H3/t19-,20+,25-,35-/m0/s1. The van der Waals surface area contributed by atoms with Crippen molar-refractivity contribution >= 4 is 27.5 Å². The molecule has 2 bridgehead atoms. The van der Waals surface area contributed by atoms with Crippen molar-refractivity contribution in [2.75, 3.05) is 44.7 Å². The third kappa shape index (κ3) is 5.49. The zero-order valence-electron chi connectivity index (χ0n) is 26.0. The highest BCUT2D eigenvalue weighted by atomic mass is 19.3. The van der Waals surface area contributed by atoms with Crippen LogP contribution in [0.4, 0.5) is 27.8 Å². The molecule has 4 atom stereocenters. The van der Waals surface area contributed by atoms with Gasteiger partial charge in [-0.15, -0.1) is 6.42 Å². The van der Waals surface area contributed by atoms with Crippen LogP contribution in [0.2, 0.25) is 0 Å². The molecule has 2 N–H and O–H groups in total. The predicted molar refractivity (Wildman–Crippen MR) is 169 cm³/mol. The highest BCUT2D eigenvalue weighted by Crippen LogP contribution is 2.43. The maximum absolute atomic E-state index is 16.8. The van der Waals surface area contributed by atoms with E-state index in [1.807, 2.05) is 16.8 Å². The lowest BCUT2D eigenvalue weighted by Gasteiger charge is -2.44. The monoisotopic (exact) mass is 651 g/mol. The van der Waals surface area contributed by atoms with E-state index < -0.39 is 40.8 Å². The molecule has 4 heterocycles. The first-order valence-corrected chi connectivity index (χ1v) is 15.7. The molecule has 47 heavy (non-hydrogen) atoms. The van der Waals surface area contributed by atoms with Gasteiger partial charge in [-0.3, -0.25) is 0 Å². The van der Waals surface area contributed by atoms with E-state index in [0.29, 0.717) is 26.2 Å². The van der Waals surface area contributed by atoms with Gasteiger partial charge < -0.3 is 25.0 Å². The molecule has 0 amide bonds. The highest BCUT2D eigenvalue weighted by Gasteiger charge is 2.44. The van der Waals surface area contributed by atoms with Gasteiger partial charge in [-0.05, 0) is 62.5 Å². The van der Waals surface area contributed by atoms with E-state index in [2.05, 4.69) is 21.2 Å². The number of nitrogens with zero attached hydrogens (tertiary/aromatic N) is 4. The largest absolute Gasteiger partial charge is 0.508 e. The molecular weight excluding hydrogens is 617 g/mol. The molecular formula is C35H34F5N5O2. The van der Waals surface area contributed by atoms with Gasteiger partial charge in [0.25, 0.3) is 0 Å². The van der Waals surface area contributed by atoms with Crippen LogP contribution in [0.5, 0.6) is 11.8 Å². The van der Waals surface area contributed by atoms with Crippen molar-refractivity contribution in [3.05, 3.63) is 53.3 Å². The zero-order valence-corrected chi connectivity index (χ0v) is 26.0. The van der Waals surface area contributed by atoms with Crippen LogP contribution >= 0.6 is 0 Å². The van der Waals surface area contributed by atoms with E-state index in [0.717, 1.165) is 31.0 Å². The van der Waals surface area contributed by atoms with Crippen LogP contribution in [0.1, 0.15) is 31.7 Å². The average molecular weight is 652 g/mol. The number of alkyl halides is 2. The van der Waals surface area contributed by atoms with Gasteiger partial charge >= 0.3 is 6.01 Å². The third-order valence-electron chi connectivity index (χ3n) is 10.0. The molecule has 7 rings (SSSR count). The van der Waals surface area contributed by atoms with Crippen LogP contribution in [0.15, 0.2) is 30.3 Å². The summed E-state index contributed by atoms with van der Waals surface area (Å²) in [6.07, 6.45) is 5.24. The number of nitrogens with one attached hydrogen (secondary N) is 1. The van der Waals surface area contributed by atoms with Crippen molar-refractivity contribution in [1.29, 1.82) is 0 Å². The van der Waals surface area contributed by atoms with Gasteiger partial charge in [0.2, 0.25) is 6.43 Å². The summed E-state index contributed by atoms with van der Waals surface area (Å²) in [6.45, 7) is 3.53. The fraction of sp³-hybridized carbons (Fsp3) is 0.429. The molecule has 0 spiro atoms. The Morgan fingerprint density at radius 2 is 1.83 bits per heavy atom. The number of piperazine rings is 1. The molecule has 0 unspecified atom stereocenters. The molecule has 1 aromatic heterocycles. The number of fused-ring (bicyclic) bond motifs is 4. The Kier molecular flexibility index (Phi) is 7.88. The number of rotatable bonds is 6. The van der Waals surface area contributed by atoms with Crippen LogP contribution in [-0.4, -0.2) is 78.3 Å². The van der Waals surface area contributed by atoms with Gasteiger partial charge in [0.15, 0.2) is 5.82 Å². The van der Waals surface area contributed by atoms with E-state index in [1.165, 1.54) is 12.1 Å². The first-order chi connectivity index (χ1) is 22.5. The normalized spacial score (nSPS) is 24.7. The number of hydrogen-bond acceptors (Lipinski definition) is 7. The number of halogens is 5. The van der Waals surface area contributed by atoms with E-state index in [9.17, 15) is 18.3 Å². The van der Waals surface area contributed by atoms with Crippen LogP contribution in [0.25, 0.3) is 32.8 Å². The van der Waals surface area contributed by atoms with E-state index in [1.54, 1.807) is 6.92 Å². The molecule has 3 aromatic carbocycles. The van der Waals surface area contributed by atoms with Gasteiger partial charge in [-0.25, -0.2) is 22.0 Å². The molecule has 0 saturated carbocycles. The molecule has 7 nitrogen and oxygen atoms in total. The first kappa shape index (κ1) is 31.4. The van der Waals surface area contributed by atoms with Crippen molar-refractivity contribution in [3.63, 3.8) is 0 Å². The molecule has 3 fully saturated rings. The summed E-state index contributed by atoms with van der Waals surface area (Å²) in [5, 5.41) is 14.5. The minimum absolute atomic E-state index is 0.0549. The summed E-state index contributed by atoms with van der Waals surface area (Å²) >= 11 is 0. The summed E-state index contributed by atoms with van der Waals surface area (Å²) in [5.41, 5.74) is -2.13. The van der Waals surface area contributed by atoms with Crippen LogP contribution < -0.4 is 15.0 Å². The van der Waals surface area contributed by atoms with Crippen molar-refractivity contribution in [3.8, 4) is 35.2 Å². The lowest BCUT2D eigenvalue weighted by Crippen LogP contribution is -2.51. The number of ether oxygens (including phenoxy) is 1. The fourth-order valence-corrected chi connectivity index (χ4v) is 7.78. The minimum Gasteiger partial charge on any atom is -0.508 e. The van der Waals surface area contributed by atoms with Crippen LogP contribution in [-0.2, 0) is 0 Å². The Balaban J connectivity index is 1.40. The molecule has 3 aliphatic rings. The lowest BCUT2D eigenvalue weighted by molar-refractivity contribution is -0.0679. The van der Waals surface area contributed by atoms with Crippen LogP contribution in [0.3, 0.4) is 0 Å². The number of phenols is 1. The molecule has 12 heteroatoms. The number of aromatic hydroxyl groups is 1. The number of piperidine rings is 1. The first-order valence-electron chi connectivity index (χ1n) is 15.7. The molecule has 246 valence electrons. The van der Waals surface area contributed by atoms with Crippen LogP contribution in [0, 0.1) is 41.1 Å². The second-order valence-electron chi connectivity index (χ2n) is 13.4. The summed E-state index contributed by atoms with van der Waals surface area (Å²) in [4.78, 5) is 12.9. The molecule has 0 aliphatic carbocycles. The predicted octanol–water partition coefficient (Wildman–Crippen LogP) is 6.10. The zero-order chi connectivity index (χ0) is 33.2. The Bertz CT molecular complexity index is 1920. The van der Waals surface area contributed by atoms with E-state index in [-0.39, 0.29) is 75.5 Å². The number of terminal acetylenes is 1. The number of phenolic OH excluding ortho intramolecular Hbond substituents is 1. The number of likely N-dealkylation sites (tertiary alicyclic amines) is 1. The smallest absolute Gasteiger partial charge is 0.319 e. The van der Waals surface area contributed by atoms with Gasteiger partial charge in [0, 0.05) is 59.4 Å². The highest BCUT2D eigenvalue weighted by molar-refractivity contribution is 6.04. The SMILES string of the molecule is C#Cc1c(F)ccc2cc(O)cc(-c3c(F)cc4c(N5C[C@H]6CC[C@@H](C5)N6)nc(OC[C@]5(C)CN(C)CC[C@H]5C(F)F)nc4c3F)c12. The van der Waals surface area contributed by atoms with Crippen molar-refractivity contribution in [2.45, 2.75) is 44.7 Å². The van der Waals surface area contributed by atoms with Crippen molar-refractivity contribution < 1.29 is 31.8 Å². The summed E-state index contributed by atoms with van der Waals surface area (Å²) in [5.74, 6) is -1.52. The minimum atomic E-state index is -2.56. The maximum atomic E-state index is 16.8. The number of hydrogen-bond donors (Lipinski definition) is 2. The molecule has 3 saturated heterocycles. The Morgan fingerprint density at radius 1 is 1.09 bits per heavy atom. The number of anilines is 1. The van der Waals surface area contributed by atoms with Crippen molar-refractivity contribution in [2.24, 2.45) is 11.3 Å². The molecule has 4 aromatic rings. The summed E-state index contributed by atoms with van der Waals surface area (Å²) in [7, 11) is 1.86. The number of aromatic nitrogens is 2. The maximum Gasteiger partial charge on any atom is 0.319 e. The van der Waals surface area contributed by atoms with Gasteiger partial charge in [0.1, 0.15) is 28.7 Å². The second-order valence-corrected chi connectivity index (χ2v) is 13.4. The van der Waals surface area contributed by atoms with Gasteiger partial charge in [0.05, 0.1) is 17.7 Å². The number of benzene rings is 3. The van der Waals surface area contributed by atoms with E-state index >= 15 is 8.78 Å². The van der Waals surface area contributed by atoms with Crippen molar-refractivity contribution in [1.82, 2.24) is 20.2 Å². The van der Waals surface area contributed by atoms with Gasteiger partial charge in [-0.1, -0.05) is 18.9 Å². The average Bonchev–Trinajstić information content (AvgIpc) is 3.36. The Labute approximate surface area is 268 Å². The van der Waals surface area contributed by atoms with Gasteiger partial charge in [-0.2, -0.15) is 9.97 Å². The fourth-order valence-electron chi connectivity index (χ4n) is 7.78. The lowest BCUT2D eigenvalue weighted by atomic mass is 9.73. The second kappa shape index (κ2) is 11.8. The van der Waals surface area contributed by atoms with E-state index in [4.69, 9.17) is 11.2 Å². The summed E-state index contributed by atoms with van der Waals surface area (Å²) < 4.78 is 82.2.